The second-order valence-electron chi connectivity index (χ2n) is 5.98. The van der Waals surface area contributed by atoms with Crippen LogP contribution in [-0.2, 0) is 5.41 Å². The van der Waals surface area contributed by atoms with Crippen molar-refractivity contribution in [1.82, 2.24) is 10.6 Å². The molecule has 0 spiro atoms. The summed E-state index contributed by atoms with van der Waals surface area (Å²) < 4.78 is 27.2. The number of nitrogens with one attached hydrogen (secondary N) is 2. The van der Waals surface area contributed by atoms with Gasteiger partial charge in [0.1, 0.15) is 11.6 Å². The minimum absolute atomic E-state index is 0.0273. The van der Waals surface area contributed by atoms with E-state index in [-0.39, 0.29) is 10.8 Å². The summed E-state index contributed by atoms with van der Waals surface area (Å²) in [5.41, 5.74) is 0.209. The van der Waals surface area contributed by atoms with Crippen LogP contribution in [0.15, 0.2) is 18.2 Å². The number of benzene rings is 1. The minimum Gasteiger partial charge on any atom is -0.363 e. The lowest BCUT2D eigenvalue weighted by atomic mass is 9.87. The first-order valence-electron chi connectivity index (χ1n) is 6.79. The summed E-state index contributed by atoms with van der Waals surface area (Å²) in [5, 5.41) is 6.72. The molecule has 1 fully saturated rings. The highest BCUT2D eigenvalue weighted by Gasteiger charge is 2.62. The highest BCUT2D eigenvalue weighted by atomic mass is 32.1. The zero-order chi connectivity index (χ0) is 15.0. The van der Waals surface area contributed by atoms with E-state index in [9.17, 15) is 8.78 Å². The SMILES string of the molecule is CCNC(=S)NCC1(c2ccc(F)cc2F)CC1(C)C. The average molecular weight is 298 g/mol. The molecular formula is C15H20F2N2S. The molecule has 2 rings (SSSR count). The summed E-state index contributed by atoms with van der Waals surface area (Å²) in [5.74, 6) is -1.03. The van der Waals surface area contributed by atoms with Crippen molar-refractivity contribution in [1.29, 1.82) is 0 Å². The zero-order valence-corrected chi connectivity index (χ0v) is 12.8. The number of thiocarbonyl (C=S) groups is 1. The molecule has 1 aromatic carbocycles. The summed E-state index contributed by atoms with van der Waals surface area (Å²) in [6.07, 6.45) is 0.851. The van der Waals surface area contributed by atoms with Crippen molar-refractivity contribution in [2.75, 3.05) is 13.1 Å². The van der Waals surface area contributed by atoms with Crippen LogP contribution in [0.25, 0.3) is 0 Å². The molecule has 110 valence electrons. The first-order valence-corrected chi connectivity index (χ1v) is 7.20. The Bertz CT molecular complexity index is 531. The molecular weight excluding hydrogens is 278 g/mol. The van der Waals surface area contributed by atoms with E-state index >= 15 is 0 Å². The molecule has 2 nitrogen and oxygen atoms in total. The van der Waals surface area contributed by atoms with E-state index in [2.05, 4.69) is 24.5 Å². The van der Waals surface area contributed by atoms with E-state index in [1.54, 1.807) is 6.07 Å². The van der Waals surface area contributed by atoms with Crippen LogP contribution in [-0.4, -0.2) is 18.2 Å². The molecule has 0 bridgehead atoms. The van der Waals surface area contributed by atoms with Gasteiger partial charge in [0, 0.05) is 24.6 Å². The second-order valence-corrected chi connectivity index (χ2v) is 6.39. The van der Waals surface area contributed by atoms with Gasteiger partial charge in [-0.3, -0.25) is 0 Å². The van der Waals surface area contributed by atoms with Crippen LogP contribution in [0.5, 0.6) is 0 Å². The number of hydrogen-bond donors (Lipinski definition) is 2. The van der Waals surface area contributed by atoms with Gasteiger partial charge in [-0.1, -0.05) is 19.9 Å². The smallest absolute Gasteiger partial charge is 0.166 e. The van der Waals surface area contributed by atoms with E-state index in [1.165, 1.54) is 6.07 Å². The molecule has 1 aromatic rings. The zero-order valence-electron chi connectivity index (χ0n) is 12.0. The van der Waals surface area contributed by atoms with Gasteiger partial charge >= 0.3 is 0 Å². The van der Waals surface area contributed by atoms with Crippen molar-refractivity contribution < 1.29 is 8.78 Å². The van der Waals surface area contributed by atoms with Crippen molar-refractivity contribution in [3.8, 4) is 0 Å². The van der Waals surface area contributed by atoms with Gasteiger partial charge in [-0.05, 0) is 42.6 Å². The molecule has 0 amide bonds. The quantitative estimate of drug-likeness (QED) is 0.835. The lowest BCUT2D eigenvalue weighted by molar-refractivity contribution is 0.460. The van der Waals surface area contributed by atoms with Gasteiger partial charge in [-0.25, -0.2) is 8.78 Å². The van der Waals surface area contributed by atoms with Crippen LogP contribution in [0.2, 0.25) is 0 Å². The fourth-order valence-corrected chi connectivity index (χ4v) is 3.12. The Morgan fingerprint density at radius 1 is 1.30 bits per heavy atom. The monoisotopic (exact) mass is 298 g/mol. The third-order valence-corrected chi connectivity index (χ3v) is 4.54. The van der Waals surface area contributed by atoms with Crippen molar-refractivity contribution in [3.05, 3.63) is 35.4 Å². The van der Waals surface area contributed by atoms with E-state index in [1.807, 2.05) is 6.92 Å². The van der Waals surface area contributed by atoms with Gasteiger partial charge in [-0.15, -0.1) is 0 Å². The van der Waals surface area contributed by atoms with E-state index in [4.69, 9.17) is 12.2 Å². The summed E-state index contributed by atoms with van der Waals surface area (Å²) >= 11 is 5.15. The maximum Gasteiger partial charge on any atom is 0.166 e. The standard InChI is InChI=1S/C15H20F2N2S/c1-4-18-13(20)19-9-15(8-14(15,2)3)11-6-5-10(16)7-12(11)17/h5-7H,4,8-9H2,1-3H3,(H2,18,19,20). The highest BCUT2D eigenvalue weighted by molar-refractivity contribution is 7.80. The Balaban J connectivity index is 2.21. The first-order chi connectivity index (χ1) is 9.32. The van der Waals surface area contributed by atoms with Gasteiger partial charge in [0.25, 0.3) is 0 Å². The Kier molecular flexibility index (Phi) is 4.00. The first kappa shape index (κ1) is 15.2. The maximum atomic E-state index is 14.1. The van der Waals surface area contributed by atoms with Gasteiger partial charge in [0.15, 0.2) is 5.11 Å². The molecule has 1 atom stereocenters. The normalized spacial score (nSPS) is 23.2. The molecule has 0 radical (unpaired) electrons. The molecule has 5 heteroatoms. The predicted molar refractivity (Wildman–Crippen MR) is 80.7 cm³/mol. The summed E-state index contributed by atoms with van der Waals surface area (Å²) in [4.78, 5) is 0. The number of hydrogen-bond acceptors (Lipinski definition) is 1. The van der Waals surface area contributed by atoms with Crippen LogP contribution in [0.3, 0.4) is 0 Å². The Morgan fingerprint density at radius 3 is 2.45 bits per heavy atom. The largest absolute Gasteiger partial charge is 0.363 e. The van der Waals surface area contributed by atoms with E-state index < -0.39 is 11.6 Å². The fourth-order valence-electron chi connectivity index (χ4n) is 2.90. The molecule has 0 saturated heterocycles. The third kappa shape index (κ3) is 2.64. The van der Waals surface area contributed by atoms with Crippen molar-refractivity contribution >= 4 is 17.3 Å². The van der Waals surface area contributed by atoms with Gasteiger partial charge < -0.3 is 10.6 Å². The Labute approximate surface area is 123 Å². The molecule has 0 aliphatic heterocycles. The molecule has 2 N–H and O–H groups in total. The van der Waals surface area contributed by atoms with E-state index in [0.29, 0.717) is 17.2 Å². The predicted octanol–water partition coefficient (Wildman–Crippen LogP) is 3.12. The van der Waals surface area contributed by atoms with Crippen LogP contribution in [0.4, 0.5) is 8.78 Å². The number of halogens is 2. The van der Waals surface area contributed by atoms with Crippen molar-refractivity contribution in [2.24, 2.45) is 5.41 Å². The van der Waals surface area contributed by atoms with Crippen LogP contribution < -0.4 is 10.6 Å². The molecule has 1 aliphatic carbocycles. The molecule has 1 unspecified atom stereocenters. The highest BCUT2D eigenvalue weighted by Crippen LogP contribution is 2.64. The summed E-state index contributed by atoms with van der Waals surface area (Å²) in [7, 11) is 0. The maximum absolute atomic E-state index is 14.1. The lowest BCUT2D eigenvalue weighted by Crippen LogP contribution is -2.41. The Morgan fingerprint density at radius 2 is 1.95 bits per heavy atom. The molecule has 1 aliphatic rings. The average Bonchev–Trinajstić information content (AvgIpc) is 2.90. The summed E-state index contributed by atoms with van der Waals surface area (Å²) in [6.45, 7) is 7.44. The minimum atomic E-state index is -0.545. The fraction of sp³-hybridized carbons (Fsp3) is 0.533. The van der Waals surface area contributed by atoms with Crippen molar-refractivity contribution in [2.45, 2.75) is 32.6 Å². The van der Waals surface area contributed by atoms with Crippen LogP contribution >= 0.6 is 12.2 Å². The van der Waals surface area contributed by atoms with Crippen LogP contribution in [0, 0.1) is 17.0 Å². The lowest BCUT2D eigenvalue weighted by Gasteiger charge is -2.23. The van der Waals surface area contributed by atoms with Crippen LogP contribution in [0.1, 0.15) is 32.8 Å². The second kappa shape index (κ2) is 5.28. The number of rotatable bonds is 4. The van der Waals surface area contributed by atoms with E-state index in [0.717, 1.165) is 19.0 Å². The molecule has 1 saturated carbocycles. The van der Waals surface area contributed by atoms with Crippen molar-refractivity contribution in [3.63, 3.8) is 0 Å². The Hall–Kier alpha value is -1.23. The molecule has 20 heavy (non-hydrogen) atoms. The van der Waals surface area contributed by atoms with Gasteiger partial charge in [0.05, 0.1) is 0 Å². The topological polar surface area (TPSA) is 24.1 Å². The van der Waals surface area contributed by atoms with Gasteiger partial charge in [0.2, 0.25) is 0 Å². The molecule has 0 heterocycles. The van der Waals surface area contributed by atoms with Gasteiger partial charge in [-0.2, -0.15) is 0 Å². The molecule has 0 aromatic heterocycles. The third-order valence-electron chi connectivity index (χ3n) is 4.25. The summed E-state index contributed by atoms with van der Waals surface area (Å²) in [6, 6.07) is 3.82.